The molecule has 24 heavy (non-hydrogen) atoms. The summed E-state index contributed by atoms with van der Waals surface area (Å²) in [6.45, 7) is 0. The third-order valence-electron chi connectivity index (χ3n) is 3.41. The molecule has 0 unspecified atom stereocenters. The van der Waals surface area contributed by atoms with Crippen LogP contribution in [0.1, 0.15) is 5.56 Å². The zero-order chi connectivity index (χ0) is 16.9. The van der Waals surface area contributed by atoms with E-state index in [9.17, 15) is 9.18 Å². The first kappa shape index (κ1) is 16.3. The molecule has 2 aromatic carbocycles. The summed E-state index contributed by atoms with van der Waals surface area (Å²) in [5, 5.41) is 13.4. The van der Waals surface area contributed by atoms with E-state index in [2.05, 4.69) is 5.10 Å². The maximum absolute atomic E-state index is 13.2. The average molecular weight is 342 g/mol. The van der Waals surface area contributed by atoms with E-state index in [1.165, 1.54) is 23.9 Å². The zero-order valence-corrected chi connectivity index (χ0v) is 13.5. The zero-order valence-electron chi connectivity index (χ0n) is 12.7. The van der Waals surface area contributed by atoms with Crippen molar-refractivity contribution in [3.05, 3.63) is 72.2 Å². The number of thioether (sulfide) groups is 1. The van der Waals surface area contributed by atoms with Crippen LogP contribution in [0.5, 0.6) is 0 Å². The summed E-state index contributed by atoms with van der Waals surface area (Å²) in [5.41, 5.74) is 3.36. The minimum atomic E-state index is -0.848. The van der Waals surface area contributed by atoms with Crippen LogP contribution in [0, 0.1) is 5.82 Å². The fourth-order valence-corrected chi connectivity index (χ4v) is 3.04. The molecule has 0 saturated heterocycles. The van der Waals surface area contributed by atoms with Gasteiger partial charge < -0.3 is 5.11 Å². The molecule has 1 heterocycles. The fourth-order valence-electron chi connectivity index (χ4n) is 2.33. The van der Waals surface area contributed by atoms with Crippen molar-refractivity contribution in [2.75, 3.05) is 5.75 Å². The molecule has 0 aliphatic heterocycles. The van der Waals surface area contributed by atoms with Gasteiger partial charge in [-0.2, -0.15) is 5.10 Å². The summed E-state index contributed by atoms with van der Waals surface area (Å²) < 4.78 is 14.9. The van der Waals surface area contributed by atoms with E-state index in [-0.39, 0.29) is 11.6 Å². The number of halogens is 1. The second kappa shape index (κ2) is 7.31. The molecule has 0 radical (unpaired) electrons. The van der Waals surface area contributed by atoms with Gasteiger partial charge in [0.25, 0.3) is 0 Å². The number of carboxylic acids is 1. The third kappa shape index (κ3) is 3.83. The van der Waals surface area contributed by atoms with Gasteiger partial charge in [-0.3, -0.25) is 4.79 Å². The predicted octanol–water partition coefficient (Wildman–Crippen LogP) is 4.00. The number of hydrogen-bond donors (Lipinski definition) is 1. The number of carbonyl (C=O) groups is 1. The molecule has 0 saturated carbocycles. The van der Waals surface area contributed by atoms with E-state index >= 15 is 0 Å². The molecule has 0 amide bonds. The highest BCUT2D eigenvalue weighted by molar-refractivity contribution is 7.99. The predicted molar refractivity (Wildman–Crippen MR) is 92.8 cm³/mol. The van der Waals surface area contributed by atoms with Crippen LogP contribution in [0.4, 0.5) is 4.39 Å². The molecule has 3 aromatic rings. The Morgan fingerprint density at radius 3 is 2.50 bits per heavy atom. The van der Waals surface area contributed by atoms with Crippen LogP contribution in [0.2, 0.25) is 0 Å². The Morgan fingerprint density at radius 1 is 1.12 bits per heavy atom. The third-order valence-corrected chi connectivity index (χ3v) is 4.38. The van der Waals surface area contributed by atoms with Crippen LogP contribution >= 0.6 is 11.8 Å². The first-order valence-corrected chi connectivity index (χ1v) is 8.48. The molecule has 122 valence electrons. The van der Waals surface area contributed by atoms with Crippen molar-refractivity contribution in [2.24, 2.45) is 0 Å². The van der Waals surface area contributed by atoms with E-state index in [0.29, 0.717) is 5.75 Å². The number of benzene rings is 2. The Labute approximate surface area is 142 Å². The van der Waals surface area contributed by atoms with Crippen LogP contribution in [-0.4, -0.2) is 26.6 Å². The van der Waals surface area contributed by atoms with Gasteiger partial charge in [-0.15, -0.1) is 11.8 Å². The lowest BCUT2D eigenvalue weighted by molar-refractivity contribution is -0.133. The van der Waals surface area contributed by atoms with E-state index in [0.717, 1.165) is 22.5 Å². The van der Waals surface area contributed by atoms with Gasteiger partial charge in [-0.1, -0.05) is 18.2 Å². The maximum Gasteiger partial charge on any atom is 0.313 e. The van der Waals surface area contributed by atoms with Crippen LogP contribution in [0.3, 0.4) is 0 Å². The van der Waals surface area contributed by atoms with Gasteiger partial charge in [0.2, 0.25) is 0 Å². The molecule has 6 heteroatoms. The number of hydrogen-bond acceptors (Lipinski definition) is 3. The molecular formula is C18H15FN2O2S. The summed E-state index contributed by atoms with van der Waals surface area (Å²) in [6, 6.07) is 15.8. The van der Waals surface area contributed by atoms with Gasteiger partial charge >= 0.3 is 5.97 Å². The summed E-state index contributed by atoms with van der Waals surface area (Å²) in [7, 11) is 0. The minimum absolute atomic E-state index is 0.0272. The first-order valence-electron chi connectivity index (χ1n) is 7.33. The number of rotatable bonds is 6. The van der Waals surface area contributed by atoms with Crippen molar-refractivity contribution in [2.45, 2.75) is 5.75 Å². The van der Waals surface area contributed by atoms with E-state index in [1.807, 2.05) is 36.5 Å². The molecule has 4 nitrogen and oxygen atoms in total. The second-order valence-electron chi connectivity index (χ2n) is 5.18. The first-order chi connectivity index (χ1) is 11.6. The van der Waals surface area contributed by atoms with E-state index in [1.54, 1.807) is 16.8 Å². The summed E-state index contributed by atoms with van der Waals surface area (Å²) in [4.78, 5) is 10.7. The van der Waals surface area contributed by atoms with Crippen LogP contribution in [0.25, 0.3) is 16.9 Å². The summed E-state index contributed by atoms with van der Waals surface area (Å²) in [6.07, 6.45) is 1.89. The SMILES string of the molecule is O=C(O)CSCc1cn(-c2ccccc2)nc1-c1ccc(F)cc1. The van der Waals surface area contributed by atoms with Gasteiger partial charge in [-0.05, 0) is 36.4 Å². The number of aliphatic carboxylic acids is 1. The standard InChI is InChI=1S/C18H15FN2O2S/c19-15-8-6-13(7-9-15)18-14(11-24-12-17(22)23)10-21(20-18)16-4-2-1-3-5-16/h1-10H,11-12H2,(H,22,23). The molecule has 1 aromatic heterocycles. The topological polar surface area (TPSA) is 55.1 Å². The number of nitrogens with zero attached hydrogens (tertiary/aromatic N) is 2. The fraction of sp³-hybridized carbons (Fsp3) is 0.111. The lowest BCUT2D eigenvalue weighted by Crippen LogP contribution is -1.98. The van der Waals surface area contributed by atoms with Crippen molar-refractivity contribution in [1.82, 2.24) is 9.78 Å². The molecule has 1 N–H and O–H groups in total. The molecule has 0 spiro atoms. The van der Waals surface area contributed by atoms with Gasteiger partial charge in [0, 0.05) is 23.1 Å². The number of aromatic nitrogens is 2. The highest BCUT2D eigenvalue weighted by Gasteiger charge is 2.13. The Hall–Kier alpha value is -2.60. The lowest BCUT2D eigenvalue weighted by atomic mass is 10.1. The van der Waals surface area contributed by atoms with Crippen molar-refractivity contribution in [1.29, 1.82) is 0 Å². The van der Waals surface area contributed by atoms with Gasteiger partial charge in [0.15, 0.2) is 0 Å². The van der Waals surface area contributed by atoms with Crippen molar-refractivity contribution in [3.63, 3.8) is 0 Å². The Balaban J connectivity index is 1.96. The number of para-hydroxylation sites is 1. The smallest absolute Gasteiger partial charge is 0.313 e. The Kier molecular flexibility index (Phi) is 4.96. The van der Waals surface area contributed by atoms with E-state index in [4.69, 9.17) is 5.11 Å². The van der Waals surface area contributed by atoms with Crippen molar-refractivity contribution in [3.8, 4) is 16.9 Å². The van der Waals surface area contributed by atoms with Crippen molar-refractivity contribution < 1.29 is 14.3 Å². The van der Waals surface area contributed by atoms with Crippen LogP contribution < -0.4 is 0 Å². The number of carboxylic acid groups (broad SMARTS) is 1. The van der Waals surface area contributed by atoms with Crippen LogP contribution in [0.15, 0.2) is 60.8 Å². The normalized spacial score (nSPS) is 10.7. The highest BCUT2D eigenvalue weighted by atomic mass is 32.2. The van der Waals surface area contributed by atoms with Gasteiger partial charge in [0.1, 0.15) is 5.82 Å². The molecule has 0 fully saturated rings. The van der Waals surface area contributed by atoms with Gasteiger partial charge in [0.05, 0.1) is 17.1 Å². The Bertz CT molecular complexity index is 832. The summed E-state index contributed by atoms with van der Waals surface area (Å²) in [5.74, 6) is -0.604. The maximum atomic E-state index is 13.2. The lowest BCUT2D eigenvalue weighted by Gasteiger charge is -2.02. The highest BCUT2D eigenvalue weighted by Crippen LogP contribution is 2.27. The molecule has 0 aliphatic carbocycles. The largest absolute Gasteiger partial charge is 0.481 e. The van der Waals surface area contributed by atoms with Gasteiger partial charge in [-0.25, -0.2) is 9.07 Å². The quantitative estimate of drug-likeness (QED) is 0.736. The van der Waals surface area contributed by atoms with Crippen molar-refractivity contribution >= 4 is 17.7 Å². The molecule has 0 atom stereocenters. The monoisotopic (exact) mass is 342 g/mol. The summed E-state index contributed by atoms with van der Waals surface area (Å²) >= 11 is 1.31. The molecular weight excluding hydrogens is 327 g/mol. The molecule has 0 aliphatic rings. The van der Waals surface area contributed by atoms with Crippen LogP contribution in [-0.2, 0) is 10.5 Å². The molecule has 0 bridgehead atoms. The van der Waals surface area contributed by atoms with E-state index < -0.39 is 5.97 Å². The second-order valence-corrected chi connectivity index (χ2v) is 6.16. The Morgan fingerprint density at radius 2 is 1.83 bits per heavy atom. The molecule has 3 rings (SSSR count). The minimum Gasteiger partial charge on any atom is -0.481 e. The average Bonchev–Trinajstić information content (AvgIpc) is 3.00.